The molecule has 10 heteroatoms. The Hall–Kier alpha value is -2.72. The van der Waals surface area contributed by atoms with Gasteiger partial charge in [0.25, 0.3) is 16.4 Å². The first-order chi connectivity index (χ1) is 17.3. The zero-order chi connectivity index (χ0) is 25.4. The van der Waals surface area contributed by atoms with E-state index in [1.807, 2.05) is 0 Å². The van der Waals surface area contributed by atoms with Crippen LogP contribution >= 0.6 is 0 Å². The van der Waals surface area contributed by atoms with E-state index >= 15 is 0 Å². The van der Waals surface area contributed by atoms with Crippen molar-refractivity contribution in [2.75, 3.05) is 24.1 Å². The van der Waals surface area contributed by atoms with Gasteiger partial charge in [0, 0.05) is 24.8 Å². The third-order valence-electron chi connectivity index (χ3n) is 7.32. The quantitative estimate of drug-likeness (QED) is 0.523. The maximum absolute atomic E-state index is 13.9. The van der Waals surface area contributed by atoms with Gasteiger partial charge < -0.3 is 14.6 Å². The van der Waals surface area contributed by atoms with Crippen molar-refractivity contribution in [3.05, 3.63) is 53.1 Å². The Morgan fingerprint density at radius 2 is 1.83 bits per heavy atom. The van der Waals surface area contributed by atoms with Crippen molar-refractivity contribution < 1.29 is 36.6 Å². The van der Waals surface area contributed by atoms with E-state index in [1.54, 1.807) is 0 Å². The van der Waals surface area contributed by atoms with E-state index in [1.165, 1.54) is 34.6 Å². The molecule has 5 rings (SSSR count). The Morgan fingerprint density at radius 3 is 2.50 bits per heavy atom. The largest absolute Gasteiger partial charge is 0.492 e. The smallest absolute Gasteiger partial charge is 0.339 e. The van der Waals surface area contributed by atoms with Crippen LogP contribution in [-0.4, -0.2) is 45.4 Å². The predicted octanol–water partition coefficient (Wildman–Crippen LogP) is 5.05. The molecule has 1 N–H and O–H groups in total. The number of nitrogens with zero attached hydrogens (tertiary/aromatic N) is 1. The highest BCUT2D eigenvalue weighted by Crippen LogP contribution is 2.46. The fourth-order valence-electron chi connectivity index (χ4n) is 5.17. The molecule has 1 atom stereocenters. The van der Waals surface area contributed by atoms with Crippen LogP contribution in [0.3, 0.4) is 0 Å². The third-order valence-corrected chi connectivity index (χ3v) is 9.16. The standard InChI is InChI=1S/C26H29F2NO6S/c27-25(28)19-4-7-23-18(13-19)3-6-22(17-1-2-17)29(23)36(32,33)20-5-8-24(21(14-20)26(30)31)35-15-16-9-11-34-12-10-16/h4-5,7-8,13-14,16-17,22,25H,1-3,6,9-12,15H2,(H,30,31). The molecule has 2 heterocycles. The summed E-state index contributed by atoms with van der Waals surface area (Å²) in [4.78, 5) is 11.9. The molecule has 0 amide bonds. The van der Waals surface area contributed by atoms with Gasteiger partial charge in [0.15, 0.2) is 0 Å². The van der Waals surface area contributed by atoms with Crippen LogP contribution in [0.2, 0.25) is 0 Å². The number of anilines is 1. The van der Waals surface area contributed by atoms with Gasteiger partial charge in [-0.3, -0.25) is 4.31 Å². The fourth-order valence-corrected chi connectivity index (χ4v) is 6.97. The first kappa shape index (κ1) is 25.0. The number of alkyl halides is 2. The second-order valence-corrected chi connectivity index (χ2v) is 11.6. The van der Waals surface area contributed by atoms with Crippen molar-refractivity contribution in [1.82, 2.24) is 0 Å². The molecular formula is C26H29F2NO6S. The number of hydrogen-bond donors (Lipinski definition) is 1. The first-order valence-corrected chi connectivity index (χ1v) is 13.7. The minimum Gasteiger partial charge on any atom is -0.492 e. The van der Waals surface area contributed by atoms with E-state index in [2.05, 4.69) is 0 Å². The molecule has 1 aliphatic carbocycles. The number of halogens is 2. The zero-order valence-electron chi connectivity index (χ0n) is 19.7. The Morgan fingerprint density at radius 1 is 1.08 bits per heavy atom. The summed E-state index contributed by atoms with van der Waals surface area (Å²) in [5.74, 6) is -0.726. The van der Waals surface area contributed by atoms with Gasteiger partial charge in [-0.1, -0.05) is 6.07 Å². The lowest BCUT2D eigenvalue weighted by Crippen LogP contribution is -2.45. The van der Waals surface area contributed by atoms with Crippen molar-refractivity contribution in [2.45, 2.75) is 55.9 Å². The van der Waals surface area contributed by atoms with Crippen LogP contribution in [0, 0.1) is 11.8 Å². The molecule has 36 heavy (non-hydrogen) atoms. The van der Waals surface area contributed by atoms with Gasteiger partial charge in [-0.15, -0.1) is 0 Å². The number of sulfonamides is 1. The summed E-state index contributed by atoms with van der Waals surface area (Å²) >= 11 is 0. The lowest BCUT2D eigenvalue weighted by Gasteiger charge is -2.38. The molecule has 0 spiro atoms. The molecule has 2 aromatic carbocycles. The van der Waals surface area contributed by atoms with Gasteiger partial charge in [-0.25, -0.2) is 22.0 Å². The van der Waals surface area contributed by atoms with Crippen LogP contribution in [0.15, 0.2) is 41.3 Å². The Labute approximate surface area is 209 Å². The van der Waals surface area contributed by atoms with E-state index < -0.39 is 22.4 Å². The first-order valence-electron chi connectivity index (χ1n) is 12.3. The molecule has 1 saturated carbocycles. The number of carboxylic acids is 1. The number of aromatic carboxylic acids is 1. The van der Waals surface area contributed by atoms with Crippen molar-refractivity contribution in [3.8, 4) is 5.75 Å². The van der Waals surface area contributed by atoms with E-state index in [9.17, 15) is 27.1 Å². The Bertz CT molecular complexity index is 1240. The fraction of sp³-hybridized carbons (Fsp3) is 0.500. The summed E-state index contributed by atoms with van der Waals surface area (Å²) in [5.41, 5.74) is 0.578. The van der Waals surface area contributed by atoms with Gasteiger partial charge in [-0.05, 0) is 86.3 Å². The van der Waals surface area contributed by atoms with Crippen molar-refractivity contribution in [2.24, 2.45) is 11.8 Å². The number of rotatable bonds is 8. The summed E-state index contributed by atoms with van der Waals surface area (Å²) in [6.07, 6.45) is 1.84. The molecule has 0 aromatic heterocycles. The van der Waals surface area contributed by atoms with Gasteiger partial charge in [0.2, 0.25) is 0 Å². The van der Waals surface area contributed by atoms with E-state index in [4.69, 9.17) is 9.47 Å². The van der Waals surface area contributed by atoms with Crippen molar-refractivity contribution in [3.63, 3.8) is 0 Å². The van der Waals surface area contributed by atoms with Crippen LogP contribution in [0.25, 0.3) is 0 Å². The SMILES string of the molecule is O=C(O)c1cc(S(=O)(=O)N2c3ccc(C(F)F)cc3CCC2C2CC2)ccc1OCC1CCOCC1. The zero-order valence-corrected chi connectivity index (χ0v) is 20.6. The highest BCUT2D eigenvalue weighted by atomic mass is 32.2. The van der Waals surface area contributed by atoms with Crippen molar-refractivity contribution >= 4 is 21.7 Å². The maximum Gasteiger partial charge on any atom is 0.339 e. The maximum atomic E-state index is 13.9. The van der Waals surface area contributed by atoms with E-state index in [0.29, 0.717) is 43.9 Å². The number of benzene rings is 2. The molecule has 0 radical (unpaired) electrons. The second-order valence-electron chi connectivity index (χ2n) is 9.76. The molecule has 2 aromatic rings. The number of carboxylic acid groups (broad SMARTS) is 1. The average Bonchev–Trinajstić information content (AvgIpc) is 3.72. The van der Waals surface area contributed by atoms with Gasteiger partial charge >= 0.3 is 5.97 Å². The molecule has 1 saturated heterocycles. The second kappa shape index (κ2) is 9.97. The Kier molecular flexibility index (Phi) is 6.91. The lowest BCUT2D eigenvalue weighted by molar-refractivity contribution is 0.0490. The summed E-state index contributed by atoms with van der Waals surface area (Å²) < 4.78 is 66.9. The monoisotopic (exact) mass is 521 g/mol. The van der Waals surface area contributed by atoms with Crippen LogP contribution < -0.4 is 9.04 Å². The minimum atomic E-state index is -4.16. The molecule has 194 valence electrons. The number of carbonyl (C=O) groups is 1. The van der Waals surface area contributed by atoms with Crippen LogP contribution in [-0.2, 0) is 21.2 Å². The van der Waals surface area contributed by atoms with Crippen LogP contribution in [0.5, 0.6) is 5.75 Å². The van der Waals surface area contributed by atoms with Gasteiger partial charge in [-0.2, -0.15) is 0 Å². The summed E-state index contributed by atoms with van der Waals surface area (Å²) in [5, 5.41) is 9.81. The summed E-state index contributed by atoms with van der Waals surface area (Å²) in [6.45, 7) is 1.59. The molecule has 0 bridgehead atoms. The van der Waals surface area contributed by atoms with Crippen LogP contribution in [0.1, 0.15) is 60.0 Å². The summed E-state index contributed by atoms with van der Waals surface area (Å²) in [6, 6.07) is 7.70. The number of hydrogen-bond acceptors (Lipinski definition) is 5. The third kappa shape index (κ3) is 4.93. The normalized spacial score (nSPS) is 20.9. The number of ether oxygens (including phenoxy) is 2. The predicted molar refractivity (Wildman–Crippen MR) is 128 cm³/mol. The van der Waals surface area contributed by atoms with E-state index in [-0.39, 0.29) is 39.6 Å². The highest BCUT2D eigenvalue weighted by Gasteiger charge is 2.44. The van der Waals surface area contributed by atoms with Gasteiger partial charge in [0.05, 0.1) is 17.2 Å². The molecular weight excluding hydrogens is 492 g/mol. The minimum absolute atomic E-state index is 0.118. The molecule has 7 nitrogen and oxygen atoms in total. The van der Waals surface area contributed by atoms with Crippen molar-refractivity contribution in [1.29, 1.82) is 0 Å². The number of fused-ring (bicyclic) bond motifs is 1. The molecule has 1 unspecified atom stereocenters. The highest BCUT2D eigenvalue weighted by molar-refractivity contribution is 7.92. The summed E-state index contributed by atoms with van der Waals surface area (Å²) in [7, 11) is -4.16. The molecule has 2 aliphatic heterocycles. The molecule has 2 fully saturated rings. The average molecular weight is 522 g/mol. The Balaban J connectivity index is 1.48. The van der Waals surface area contributed by atoms with E-state index in [0.717, 1.165) is 31.7 Å². The van der Waals surface area contributed by atoms with Crippen LogP contribution in [0.4, 0.5) is 14.5 Å². The number of aryl methyl sites for hydroxylation is 1. The molecule has 3 aliphatic rings. The lowest BCUT2D eigenvalue weighted by atomic mass is 9.94. The van der Waals surface area contributed by atoms with Gasteiger partial charge in [0.1, 0.15) is 11.3 Å². The topological polar surface area (TPSA) is 93.1 Å².